The number of rotatable bonds is 4. The number of ether oxygens (including phenoxy) is 1. The zero-order chi connectivity index (χ0) is 18.1. The van der Waals surface area contributed by atoms with E-state index in [1.165, 1.54) is 5.56 Å². The van der Waals surface area contributed by atoms with Crippen LogP contribution in [-0.4, -0.2) is 24.0 Å². The van der Waals surface area contributed by atoms with Crippen molar-refractivity contribution in [2.24, 2.45) is 0 Å². The molecule has 0 aliphatic carbocycles. The molecule has 0 spiro atoms. The average molecular weight is 429 g/mol. The van der Waals surface area contributed by atoms with E-state index >= 15 is 0 Å². The van der Waals surface area contributed by atoms with Gasteiger partial charge in [0.05, 0.1) is 15.2 Å². The minimum absolute atomic E-state index is 0.0229. The second-order valence-electron chi connectivity index (χ2n) is 6.11. The third-order valence-electron chi connectivity index (χ3n) is 4.38. The Kier molecular flexibility index (Phi) is 4.78. The Morgan fingerprint density at radius 3 is 2.92 bits per heavy atom. The van der Waals surface area contributed by atoms with Crippen LogP contribution in [0.5, 0.6) is 5.75 Å². The quantitative estimate of drug-likeness (QED) is 0.596. The van der Waals surface area contributed by atoms with Crippen molar-refractivity contribution in [2.45, 2.75) is 13.3 Å². The first kappa shape index (κ1) is 17.2. The summed E-state index contributed by atoms with van der Waals surface area (Å²) in [6.45, 7) is 2.72. The predicted molar refractivity (Wildman–Crippen MR) is 108 cm³/mol. The summed E-state index contributed by atoms with van der Waals surface area (Å²) in [5, 5.41) is 3.13. The maximum atomic E-state index is 12.6. The lowest BCUT2D eigenvalue weighted by atomic mass is 10.1. The van der Waals surface area contributed by atoms with Crippen LogP contribution in [0.25, 0.3) is 11.3 Å². The topological polar surface area (TPSA) is 42.4 Å². The lowest BCUT2D eigenvalue weighted by Gasteiger charge is -2.18. The van der Waals surface area contributed by atoms with Gasteiger partial charge in [-0.1, -0.05) is 18.2 Å². The number of carbonyl (C=O) groups excluding carboxylic acids is 1. The van der Waals surface area contributed by atoms with Gasteiger partial charge in [0.2, 0.25) is 0 Å². The van der Waals surface area contributed by atoms with Crippen LogP contribution in [0.15, 0.2) is 52.3 Å². The molecular formula is C20H17BrN2O2S. The van der Waals surface area contributed by atoms with Crippen LogP contribution < -0.4 is 9.64 Å². The number of carbonyl (C=O) groups is 1. The number of nitrogens with zero attached hydrogens (tertiary/aromatic N) is 2. The van der Waals surface area contributed by atoms with Crippen molar-refractivity contribution in [1.29, 1.82) is 0 Å². The molecule has 0 N–H and O–H groups in total. The fraction of sp³-hybridized carbons (Fsp3) is 0.200. The summed E-state index contributed by atoms with van der Waals surface area (Å²) in [6.07, 6.45) is 0.854. The Morgan fingerprint density at radius 2 is 2.15 bits per heavy atom. The highest BCUT2D eigenvalue weighted by Crippen LogP contribution is 2.33. The molecule has 1 aromatic heterocycles. The largest absolute Gasteiger partial charge is 0.483 e. The number of halogens is 1. The monoisotopic (exact) mass is 428 g/mol. The molecule has 0 saturated carbocycles. The van der Waals surface area contributed by atoms with Gasteiger partial charge >= 0.3 is 0 Å². The van der Waals surface area contributed by atoms with Crippen LogP contribution in [0.3, 0.4) is 0 Å². The molecule has 3 aromatic rings. The number of amides is 1. The van der Waals surface area contributed by atoms with Crippen molar-refractivity contribution in [3.63, 3.8) is 0 Å². The van der Waals surface area contributed by atoms with Gasteiger partial charge in [-0.3, -0.25) is 4.79 Å². The Bertz CT molecular complexity index is 970. The van der Waals surface area contributed by atoms with E-state index in [0.29, 0.717) is 12.3 Å². The summed E-state index contributed by atoms with van der Waals surface area (Å²) in [4.78, 5) is 19.0. The Labute approximate surface area is 164 Å². The van der Waals surface area contributed by atoms with Crippen molar-refractivity contribution in [3.05, 3.63) is 62.9 Å². The summed E-state index contributed by atoms with van der Waals surface area (Å²) >= 11 is 5.08. The first-order valence-corrected chi connectivity index (χ1v) is 10.0. The van der Waals surface area contributed by atoms with Gasteiger partial charge in [0, 0.05) is 23.2 Å². The van der Waals surface area contributed by atoms with Crippen LogP contribution >= 0.6 is 27.3 Å². The minimum Gasteiger partial charge on any atom is -0.483 e. The van der Waals surface area contributed by atoms with Gasteiger partial charge in [-0.05, 0) is 59.1 Å². The molecule has 1 aliphatic heterocycles. The van der Waals surface area contributed by atoms with Crippen molar-refractivity contribution < 1.29 is 9.53 Å². The predicted octanol–water partition coefficient (Wildman–Crippen LogP) is 4.85. The summed E-state index contributed by atoms with van der Waals surface area (Å²) in [5.41, 5.74) is 4.26. The number of thiazole rings is 1. The number of aromatic nitrogens is 1. The van der Waals surface area contributed by atoms with Gasteiger partial charge in [-0.25, -0.2) is 4.98 Å². The SMILES string of the molecule is Cc1nc(-c2ccc3c(c2)CCN3C(=O)COc2ccccc2Br)cs1. The van der Waals surface area contributed by atoms with Crippen LogP contribution in [-0.2, 0) is 11.2 Å². The van der Waals surface area contributed by atoms with Crippen LogP contribution in [0.4, 0.5) is 5.69 Å². The van der Waals surface area contributed by atoms with E-state index in [0.717, 1.165) is 32.8 Å². The van der Waals surface area contributed by atoms with E-state index < -0.39 is 0 Å². The van der Waals surface area contributed by atoms with Gasteiger partial charge in [-0.15, -0.1) is 11.3 Å². The Morgan fingerprint density at radius 1 is 1.31 bits per heavy atom. The first-order valence-electron chi connectivity index (χ1n) is 8.35. The van der Waals surface area contributed by atoms with Crippen molar-refractivity contribution in [3.8, 4) is 17.0 Å². The number of hydrogen-bond acceptors (Lipinski definition) is 4. The second-order valence-corrected chi connectivity index (χ2v) is 8.03. The highest BCUT2D eigenvalue weighted by Gasteiger charge is 2.25. The molecule has 0 atom stereocenters. The van der Waals surface area contributed by atoms with Gasteiger partial charge < -0.3 is 9.64 Å². The summed E-state index contributed by atoms with van der Waals surface area (Å²) in [7, 11) is 0. The van der Waals surface area contributed by atoms with Crippen molar-refractivity contribution >= 4 is 38.9 Å². The zero-order valence-electron chi connectivity index (χ0n) is 14.2. The van der Waals surface area contributed by atoms with Crippen molar-refractivity contribution in [2.75, 3.05) is 18.1 Å². The third-order valence-corrected chi connectivity index (χ3v) is 5.81. The number of fused-ring (bicyclic) bond motifs is 1. The van der Waals surface area contributed by atoms with Crippen LogP contribution in [0.1, 0.15) is 10.6 Å². The number of anilines is 1. The van der Waals surface area contributed by atoms with E-state index in [-0.39, 0.29) is 12.5 Å². The normalized spacial score (nSPS) is 12.9. The van der Waals surface area contributed by atoms with E-state index in [2.05, 4.69) is 32.4 Å². The molecule has 0 fully saturated rings. The summed E-state index contributed by atoms with van der Waals surface area (Å²) < 4.78 is 6.52. The molecule has 2 heterocycles. The second kappa shape index (κ2) is 7.21. The molecule has 132 valence electrons. The Balaban J connectivity index is 1.49. The first-order chi connectivity index (χ1) is 12.6. The molecule has 1 aliphatic rings. The van der Waals surface area contributed by atoms with Crippen LogP contribution in [0.2, 0.25) is 0 Å². The Hall–Kier alpha value is -2.18. The molecule has 4 rings (SSSR count). The summed E-state index contributed by atoms with van der Waals surface area (Å²) in [6, 6.07) is 13.7. The van der Waals surface area contributed by atoms with Crippen molar-refractivity contribution in [1.82, 2.24) is 4.98 Å². The molecule has 6 heteroatoms. The average Bonchev–Trinajstić information content (AvgIpc) is 3.26. The molecule has 0 unspecified atom stereocenters. The highest BCUT2D eigenvalue weighted by molar-refractivity contribution is 9.10. The third kappa shape index (κ3) is 3.39. The van der Waals surface area contributed by atoms with Gasteiger partial charge in [-0.2, -0.15) is 0 Å². The van der Waals surface area contributed by atoms with E-state index in [9.17, 15) is 4.79 Å². The fourth-order valence-electron chi connectivity index (χ4n) is 3.10. The van der Waals surface area contributed by atoms with E-state index in [1.54, 1.807) is 11.3 Å². The zero-order valence-corrected chi connectivity index (χ0v) is 16.6. The molecule has 4 nitrogen and oxygen atoms in total. The standard InChI is InChI=1S/C20H17BrN2O2S/c1-13-22-17(12-26-13)14-6-7-18-15(10-14)8-9-23(18)20(24)11-25-19-5-3-2-4-16(19)21/h2-7,10,12H,8-9,11H2,1H3. The van der Waals surface area contributed by atoms with Crippen LogP contribution in [0, 0.1) is 6.92 Å². The summed E-state index contributed by atoms with van der Waals surface area (Å²) in [5.74, 6) is 0.645. The van der Waals surface area contributed by atoms with Gasteiger partial charge in [0.1, 0.15) is 5.75 Å². The maximum absolute atomic E-state index is 12.6. The maximum Gasteiger partial charge on any atom is 0.264 e. The smallest absolute Gasteiger partial charge is 0.264 e. The lowest BCUT2D eigenvalue weighted by molar-refractivity contribution is -0.120. The molecule has 0 bridgehead atoms. The molecule has 0 radical (unpaired) electrons. The molecule has 0 saturated heterocycles. The molecule has 2 aromatic carbocycles. The number of para-hydroxylation sites is 1. The highest BCUT2D eigenvalue weighted by atomic mass is 79.9. The van der Waals surface area contributed by atoms with Gasteiger partial charge in [0.25, 0.3) is 5.91 Å². The van der Waals surface area contributed by atoms with E-state index in [1.807, 2.05) is 48.2 Å². The number of benzene rings is 2. The molecular weight excluding hydrogens is 412 g/mol. The minimum atomic E-state index is -0.0308. The number of hydrogen-bond donors (Lipinski definition) is 0. The lowest BCUT2D eigenvalue weighted by Crippen LogP contribution is -2.33. The molecule has 1 amide bonds. The fourth-order valence-corrected chi connectivity index (χ4v) is 4.12. The number of aryl methyl sites for hydroxylation is 1. The van der Waals surface area contributed by atoms with Gasteiger partial charge in [0.15, 0.2) is 6.61 Å². The van der Waals surface area contributed by atoms with E-state index in [4.69, 9.17) is 4.74 Å². The molecule has 26 heavy (non-hydrogen) atoms.